The monoisotopic (exact) mass is 548 g/mol. The second-order valence-corrected chi connectivity index (χ2v) is 13.3. The van der Waals surface area contributed by atoms with Crippen LogP contribution in [0.3, 0.4) is 0 Å². The average molecular weight is 549 g/mol. The number of hydrogen-bond acceptors (Lipinski definition) is 0. The molecule has 0 radical (unpaired) electrons. The quantitative estimate of drug-likeness (QED) is 0.202. The maximum Gasteiger partial charge on any atom is 0.0726 e. The van der Waals surface area contributed by atoms with Crippen LogP contribution >= 0.6 is 0 Å². The standard InChI is InChI=1S/C43H32/c1-25-3-15-35-36-16-4-26(2)20-40(36)43(39(35)19-25)41-23-33(31-11-7-27-5-9-29(27)21-31)13-17-37(41)38-18-14-34(24-42(38)43)32-12-8-28-6-10-30(28)22-32/h3-4,7-8,11-24H,5-6,9-10H2,1-2H3. The maximum absolute atomic E-state index is 2.53. The summed E-state index contributed by atoms with van der Waals surface area (Å²) in [5.41, 5.74) is 24.8. The van der Waals surface area contributed by atoms with Gasteiger partial charge in [0.2, 0.25) is 0 Å². The summed E-state index contributed by atoms with van der Waals surface area (Å²) >= 11 is 0. The first-order valence-electron chi connectivity index (χ1n) is 15.8. The summed E-state index contributed by atoms with van der Waals surface area (Å²) in [5.74, 6) is 0. The van der Waals surface area contributed by atoms with Crippen molar-refractivity contribution in [3.63, 3.8) is 0 Å². The summed E-state index contributed by atoms with van der Waals surface area (Å²) in [5, 5.41) is 0. The summed E-state index contributed by atoms with van der Waals surface area (Å²) in [6.45, 7) is 4.49. The van der Waals surface area contributed by atoms with Crippen molar-refractivity contribution in [2.45, 2.75) is 44.9 Å². The highest BCUT2D eigenvalue weighted by molar-refractivity contribution is 5.97. The summed E-state index contributed by atoms with van der Waals surface area (Å²) < 4.78 is 0. The van der Waals surface area contributed by atoms with E-state index in [0.29, 0.717) is 0 Å². The molecular weight excluding hydrogens is 516 g/mol. The summed E-state index contributed by atoms with van der Waals surface area (Å²) in [6, 6.07) is 43.1. The number of fused-ring (bicyclic) bond motifs is 12. The van der Waals surface area contributed by atoms with Crippen LogP contribution in [0.4, 0.5) is 0 Å². The van der Waals surface area contributed by atoms with Crippen molar-refractivity contribution < 1.29 is 0 Å². The Kier molecular flexibility index (Phi) is 4.56. The number of rotatable bonds is 2. The van der Waals surface area contributed by atoms with Crippen LogP contribution in [0.15, 0.2) is 109 Å². The van der Waals surface area contributed by atoms with E-state index in [-0.39, 0.29) is 5.41 Å². The molecule has 0 unspecified atom stereocenters. The molecule has 43 heavy (non-hydrogen) atoms. The zero-order chi connectivity index (χ0) is 28.4. The van der Waals surface area contributed by atoms with Gasteiger partial charge in [0.05, 0.1) is 5.41 Å². The molecule has 4 aliphatic carbocycles. The maximum atomic E-state index is 2.53. The lowest BCUT2D eigenvalue weighted by Crippen LogP contribution is -2.26. The van der Waals surface area contributed by atoms with E-state index in [4.69, 9.17) is 0 Å². The van der Waals surface area contributed by atoms with Crippen molar-refractivity contribution in [2.75, 3.05) is 0 Å². The van der Waals surface area contributed by atoms with E-state index in [2.05, 4.69) is 123 Å². The van der Waals surface area contributed by atoms with Gasteiger partial charge < -0.3 is 0 Å². The first-order valence-corrected chi connectivity index (χ1v) is 15.8. The van der Waals surface area contributed by atoms with E-state index in [9.17, 15) is 0 Å². The summed E-state index contributed by atoms with van der Waals surface area (Å²) in [7, 11) is 0. The third kappa shape index (κ3) is 3.06. The van der Waals surface area contributed by atoms with Crippen molar-refractivity contribution >= 4 is 0 Å². The fourth-order valence-electron chi connectivity index (χ4n) is 8.56. The minimum atomic E-state index is -0.348. The van der Waals surface area contributed by atoms with Crippen LogP contribution < -0.4 is 0 Å². The Hall–Kier alpha value is -4.68. The van der Waals surface area contributed by atoms with Gasteiger partial charge in [-0.15, -0.1) is 0 Å². The molecule has 0 aliphatic heterocycles. The van der Waals surface area contributed by atoms with Crippen molar-refractivity contribution in [3.8, 4) is 44.5 Å². The molecule has 0 saturated heterocycles. The van der Waals surface area contributed by atoms with Gasteiger partial charge in [0.1, 0.15) is 0 Å². The molecule has 0 bridgehead atoms. The van der Waals surface area contributed by atoms with E-state index in [0.717, 1.165) is 0 Å². The van der Waals surface area contributed by atoms with Crippen molar-refractivity contribution in [3.05, 3.63) is 165 Å². The molecule has 6 aromatic rings. The van der Waals surface area contributed by atoms with Gasteiger partial charge in [0.15, 0.2) is 0 Å². The van der Waals surface area contributed by atoms with Gasteiger partial charge in [-0.1, -0.05) is 108 Å². The Labute approximate surface area is 253 Å². The van der Waals surface area contributed by atoms with Crippen LogP contribution in [0.5, 0.6) is 0 Å². The Balaban J connectivity index is 1.29. The van der Waals surface area contributed by atoms with Crippen LogP contribution in [0.2, 0.25) is 0 Å². The van der Waals surface area contributed by atoms with Gasteiger partial charge in [-0.25, -0.2) is 0 Å². The molecule has 0 saturated carbocycles. The Morgan fingerprint density at radius 1 is 0.349 bits per heavy atom. The molecule has 0 heteroatoms. The van der Waals surface area contributed by atoms with Gasteiger partial charge in [0, 0.05) is 0 Å². The molecule has 0 N–H and O–H groups in total. The minimum Gasteiger partial charge on any atom is -0.0587 e. The molecule has 0 aromatic heterocycles. The highest BCUT2D eigenvalue weighted by atomic mass is 14.5. The predicted molar refractivity (Wildman–Crippen MR) is 178 cm³/mol. The molecule has 204 valence electrons. The highest BCUT2D eigenvalue weighted by Gasteiger charge is 2.52. The average Bonchev–Trinajstić information content (AvgIpc) is 3.43. The molecular formula is C43H32. The molecule has 0 fully saturated rings. The van der Waals surface area contributed by atoms with E-state index in [1.807, 2.05) is 0 Å². The first-order chi connectivity index (χ1) is 21.1. The fraction of sp³-hybridized carbons (Fsp3) is 0.163. The molecule has 0 heterocycles. The summed E-state index contributed by atoms with van der Waals surface area (Å²) in [4.78, 5) is 0. The van der Waals surface area contributed by atoms with Crippen LogP contribution in [0.25, 0.3) is 44.5 Å². The lowest BCUT2D eigenvalue weighted by atomic mass is 9.69. The van der Waals surface area contributed by atoms with Gasteiger partial charge in [-0.3, -0.25) is 0 Å². The first kappa shape index (κ1) is 23.8. The van der Waals surface area contributed by atoms with E-state index in [1.54, 1.807) is 0 Å². The minimum absolute atomic E-state index is 0.348. The van der Waals surface area contributed by atoms with Crippen LogP contribution in [0.1, 0.15) is 55.6 Å². The van der Waals surface area contributed by atoms with Crippen LogP contribution in [-0.2, 0) is 31.1 Å². The Morgan fingerprint density at radius 2 is 0.698 bits per heavy atom. The van der Waals surface area contributed by atoms with Gasteiger partial charge in [-0.05, 0) is 141 Å². The van der Waals surface area contributed by atoms with E-state index < -0.39 is 0 Å². The predicted octanol–water partition coefficient (Wildman–Crippen LogP) is 10.2. The number of hydrogen-bond donors (Lipinski definition) is 0. The largest absolute Gasteiger partial charge is 0.0726 e. The molecule has 10 rings (SSSR count). The molecule has 0 amide bonds. The number of aryl methyl sites for hydroxylation is 6. The van der Waals surface area contributed by atoms with Gasteiger partial charge >= 0.3 is 0 Å². The molecule has 0 nitrogen and oxygen atoms in total. The highest BCUT2D eigenvalue weighted by Crippen LogP contribution is 2.63. The van der Waals surface area contributed by atoms with Crippen molar-refractivity contribution in [1.29, 1.82) is 0 Å². The fourth-order valence-corrected chi connectivity index (χ4v) is 8.56. The third-order valence-corrected chi connectivity index (χ3v) is 11.0. The smallest absolute Gasteiger partial charge is 0.0587 e. The molecule has 6 aromatic carbocycles. The van der Waals surface area contributed by atoms with Crippen molar-refractivity contribution in [1.82, 2.24) is 0 Å². The second kappa shape index (κ2) is 8.23. The SMILES string of the molecule is Cc1ccc2c(c1)C1(c3cc(C)ccc3-2)c2cc(-c3ccc4c(c3)CC4)ccc2-c2ccc(-c3ccc4c(c3)CC4)cc21. The topological polar surface area (TPSA) is 0 Å². The third-order valence-electron chi connectivity index (χ3n) is 11.0. The van der Waals surface area contributed by atoms with Gasteiger partial charge in [-0.2, -0.15) is 0 Å². The lowest BCUT2D eigenvalue weighted by Gasteiger charge is -2.31. The second-order valence-electron chi connectivity index (χ2n) is 13.3. The van der Waals surface area contributed by atoms with E-state index in [1.165, 1.54) is 126 Å². The molecule has 1 spiro atoms. The van der Waals surface area contributed by atoms with E-state index >= 15 is 0 Å². The normalized spacial score (nSPS) is 15.5. The Bertz CT molecular complexity index is 2050. The molecule has 0 atom stereocenters. The number of benzene rings is 6. The molecule has 4 aliphatic rings. The van der Waals surface area contributed by atoms with Crippen molar-refractivity contribution in [2.24, 2.45) is 0 Å². The summed E-state index contributed by atoms with van der Waals surface area (Å²) in [6.07, 6.45) is 4.84. The van der Waals surface area contributed by atoms with Crippen LogP contribution in [0, 0.1) is 13.8 Å². The van der Waals surface area contributed by atoms with Crippen LogP contribution in [-0.4, -0.2) is 0 Å². The van der Waals surface area contributed by atoms with Gasteiger partial charge in [0.25, 0.3) is 0 Å². The Morgan fingerprint density at radius 3 is 1.09 bits per heavy atom. The zero-order valence-corrected chi connectivity index (χ0v) is 24.7. The lowest BCUT2D eigenvalue weighted by molar-refractivity contribution is 0.792. The zero-order valence-electron chi connectivity index (χ0n) is 24.7.